The predicted octanol–water partition coefficient (Wildman–Crippen LogP) is 2.26. The van der Waals surface area contributed by atoms with Crippen LogP contribution >= 0.6 is 0 Å². The molecule has 0 bridgehead atoms. The lowest BCUT2D eigenvalue weighted by atomic mass is 10.1. The quantitative estimate of drug-likeness (QED) is 0.827. The maximum absolute atomic E-state index is 5.47. The molecule has 0 aliphatic carbocycles. The molecule has 1 aromatic rings. The van der Waals surface area contributed by atoms with Crippen LogP contribution in [0.2, 0.25) is 0 Å². The van der Waals surface area contributed by atoms with Gasteiger partial charge in [-0.25, -0.2) is 0 Å². The standard InChI is InChI=1S/C15H24N2O2/c1-3-19-15-6-4-13(5-7-15)17-12(2)10-14-11-18-9-8-16-14/h4-7,12,14,16-17H,3,8-11H2,1-2H3. The number of hydrogen-bond acceptors (Lipinski definition) is 4. The van der Waals surface area contributed by atoms with Crippen LogP contribution in [0.15, 0.2) is 24.3 Å². The van der Waals surface area contributed by atoms with Gasteiger partial charge in [0.15, 0.2) is 0 Å². The molecule has 0 saturated carbocycles. The number of benzene rings is 1. The Morgan fingerprint density at radius 2 is 2.21 bits per heavy atom. The number of hydrogen-bond donors (Lipinski definition) is 2. The fraction of sp³-hybridized carbons (Fsp3) is 0.600. The number of morpholine rings is 1. The Balaban J connectivity index is 1.78. The summed E-state index contributed by atoms with van der Waals surface area (Å²) >= 11 is 0. The highest BCUT2D eigenvalue weighted by atomic mass is 16.5. The van der Waals surface area contributed by atoms with Crippen molar-refractivity contribution < 1.29 is 9.47 Å². The first-order valence-corrected chi connectivity index (χ1v) is 7.08. The highest BCUT2D eigenvalue weighted by Crippen LogP contribution is 2.17. The van der Waals surface area contributed by atoms with Crippen LogP contribution in [0.3, 0.4) is 0 Å². The van der Waals surface area contributed by atoms with Crippen molar-refractivity contribution in [1.29, 1.82) is 0 Å². The van der Waals surface area contributed by atoms with Crippen molar-refractivity contribution >= 4 is 5.69 Å². The van der Waals surface area contributed by atoms with Gasteiger partial charge in [0.25, 0.3) is 0 Å². The summed E-state index contributed by atoms with van der Waals surface area (Å²) in [6.45, 7) is 7.50. The van der Waals surface area contributed by atoms with Gasteiger partial charge in [-0.2, -0.15) is 0 Å². The number of anilines is 1. The molecule has 1 aromatic carbocycles. The molecule has 4 nitrogen and oxygen atoms in total. The van der Waals surface area contributed by atoms with Gasteiger partial charge in [-0.3, -0.25) is 0 Å². The van der Waals surface area contributed by atoms with Crippen molar-refractivity contribution in [3.8, 4) is 5.75 Å². The molecule has 2 atom stereocenters. The highest BCUT2D eigenvalue weighted by molar-refractivity contribution is 5.46. The first kappa shape index (κ1) is 14.2. The van der Waals surface area contributed by atoms with Gasteiger partial charge in [-0.1, -0.05) is 0 Å². The molecule has 0 amide bonds. The van der Waals surface area contributed by atoms with Gasteiger partial charge >= 0.3 is 0 Å². The zero-order valence-corrected chi connectivity index (χ0v) is 11.8. The number of nitrogens with one attached hydrogen (secondary N) is 2. The van der Waals surface area contributed by atoms with Gasteiger partial charge in [0.1, 0.15) is 5.75 Å². The molecule has 19 heavy (non-hydrogen) atoms. The third-order valence-electron chi connectivity index (χ3n) is 3.21. The zero-order chi connectivity index (χ0) is 13.5. The maximum Gasteiger partial charge on any atom is 0.119 e. The van der Waals surface area contributed by atoms with Crippen LogP contribution in [-0.4, -0.2) is 38.4 Å². The van der Waals surface area contributed by atoms with Gasteiger partial charge in [-0.15, -0.1) is 0 Å². The molecule has 1 aliphatic rings. The van der Waals surface area contributed by atoms with E-state index < -0.39 is 0 Å². The van der Waals surface area contributed by atoms with E-state index in [9.17, 15) is 0 Å². The topological polar surface area (TPSA) is 42.5 Å². The third-order valence-corrected chi connectivity index (χ3v) is 3.21. The molecule has 1 heterocycles. The molecule has 2 rings (SSSR count). The van der Waals surface area contributed by atoms with Crippen molar-refractivity contribution in [3.05, 3.63) is 24.3 Å². The molecule has 0 aromatic heterocycles. The summed E-state index contributed by atoms with van der Waals surface area (Å²) in [4.78, 5) is 0. The lowest BCUT2D eigenvalue weighted by molar-refractivity contribution is 0.0731. The lowest BCUT2D eigenvalue weighted by Crippen LogP contribution is -2.43. The zero-order valence-electron chi connectivity index (χ0n) is 11.8. The van der Waals surface area contributed by atoms with E-state index in [0.29, 0.717) is 18.7 Å². The van der Waals surface area contributed by atoms with Crippen LogP contribution in [0.25, 0.3) is 0 Å². The van der Waals surface area contributed by atoms with Gasteiger partial charge in [0.2, 0.25) is 0 Å². The Hall–Kier alpha value is -1.26. The van der Waals surface area contributed by atoms with Crippen molar-refractivity contribution in [2.24, 2.45) is 0 Å². The van der Waals surface area contributed by atoms with Gasteiger partial charge in [-0.05, 0) is 44.5 Å². The molecule has 106 valence electrons. The molecule has 1 fully saturated rings. The molecule has 1 aliphatic heterocycles. The summed E-state index contributed by atoms with van der Waals surface area (Å²) in [6, 6.07) is 9.00. The smallest absolute Gasteiger partial charge is 0.119 e. The Morgan fingerprint density at radius 1 is 1.42 bits per heavy atom. The fourth-order valence-corrected chi connectivity index (χ4v) is 2.36. The second-order valence-corrected chi connectivity index (χ2v) is 4.96. The Labute approximate surface area is 115 Å². The van der Waals surface area contributed by atoms with Crippen LogP contribution in [0.1, 0.15) is 20.3 Å². The van der Waals surface area contributed by atoms with Gasteiger partial charge in [0, 0.05) is 24.3 Å². The molecule has 2 unspecified atom stereocenters. The molecular weight excluding hydrogens is 240 g/mol. The Kier molecular flexibility index (Phi) is 5.48. The van der Waals surface area contributed by atoms with Crippen molar-refractivity contribution in [3.63, 3.8) is 0 Å². The van der Waals surface area contributed by atoms with E-state index in [4.69, 9.17) is 9.47 Å². The van der Waals surface area contributed by atoms with Crippen LogP contribution in [0.4, 0.5) is 5.69 Å². The highest BCUT2D eigenvalue weighted by Gasteiger charge is 2.16. The van der Waals surface area contributed by atoms with E-state index >= 15 is 0 Å². The molecule has 0 radical (unpaired) electrons. The largest absolute Gasteiger partial charge is 0.494 e. The van der Waals surface area contributed by atoms with Crippen molar-refractivity contribution in [1.82, 2.24) is 5.32 Å². The third kappa shape index (κ3) is 4.73. The summed E-state index contributed by atoms with van der Waals surface area (Å²) in [5.41, 5.74) is 1.13. The van der Waals surface area contributed by atoms with Gasteiger partial charge in [0.05, 0.1) is 19.8 Å². The summed E-state index contributed by atoms with van der Waals surface area (Å²) in [5.74, 6) is 0.919. The molecule has 0 spiro atoms. The van der Waals surface area contributed by atoms with Crippen LogP contribution < -0.4 is 15.4 Å². The Morgan fingerprint density at radius 3 is 2.84 bits per heavy atom. The minimum atomic E-state index is 0.414. The van der Waals surface area contributed by atoms with E-state index in [-0.39, 0.29) is 0 Å². The number of rotatable bonds is 6. The minimum Gasteiger partial charge on any atom is -0.494 e. The summed E-state index contributed by atoms with van der Waals surface area (Å²) < 4.78 is 10.9. The van der Waals surface area contributed by atoms with E-state index in [1.54, 1.807) is 0 Å². The first-order valence-electron chi connectivity index (χ1n) is 7.08. The molecule has 4 heteroatoms. The molecule has 2 N–H and O–H groups in total. The van der Waals surface area contributed by atoms with Crippen molar-refractivity contribution in [2.75, 3.05) is 31.7 Å². The molecular formula is C15H24N2O2. The summed E-state index contributed by atoms with van der Waals surface area (Å²) in [5, 5.41) is 6.98. The van der Waals surface area contributed by atoms with Gasteiger partial charge < -0.3 is 20.1 Å². The summed E-state index contributed by atoms with van der Waals surface area (Å²) in [6.07, 6.45) is 1.06. The van der Waals surface area contributed by atoms with Crippen molar-refractivity contribution in [2.45, 2.75) is 32.4 Å². The van der Waals surface area contributed by atoms with Crippen LogP contribution in [0, 0.1) is 0 Å². The maximum atomic E-state index is 5.47. The first-order chi connectivity index (χ1) is 9.28. The van der Waals surface area contributed by atoms with E-state index in [1.807, 2.05) is 19.1 Å². The normalized spacial score (nSPS) is 20.8. The average molecular weight is 264 g/mol. The molecule has 1 saturated heterocycles. The Bertz CT molecular complexity index is 361. The van der Waals surface area contributed by atoms with Crippen LogP contribution in [0.5, 0.6) is 5.75 Å². The number of ether oxygens (including phenoxy) is 2. The second-order valence-electron chi connectivity index (χ2n) is 4.96. The summed E-state index contributed by atoms with van der Waals surface area (Å²) in [7, 11) is 0. The monoisotopic (exact) mass is 264 g/mol. The predicted molar refractivity (Wildman–Crippen MR) is 77.9 cm³/mol. The second kappa shape index (κ2) is 7.36. The van der Waals surface area contributed by atoms with E-state index in [0.717, 1.165) is 37.6 Å². The SMILES string of the molecule is CCOc1ccc(NC(C)CC2COCCN2)cc1. The fourth-order valence-electron chi connectivity index (χ4n) is 2.36. The lowest BCUT2D eigenvalue weighted by Gasteiger charge is -2.27. The minimum absolute atomic E-state index is 0.414. The van der Waals surface area contributed by atoms with E-state index in [2.05, 4.69) is 29.7 Å². The van der Waals surface area contributed by atoms with Crippen LogP contribution in [-0.2, 0) is 4.74 Å². The average Bonchev–Trinajstić information content (AvgIpc) is 2.42. The van der Waals surface area contributed by atoms with E-state index in [1.165, 1.54) is 0 Å².